The Morgan fingerprint density at radius 2 is 1.96 bits per heavy atom. The number of hydrogen-bond donors (Lipinski definition) is 1. The number of amides is 1. The van der Waals surface area contributed by atoms with Gasteiger partial charge in [-0.1, -0.05) is 12.6 Å². The normalized spacial score (nSPS) is 19.6. The molecule has 0 saturated carbocycles. The first kappa shape index (κ1) is 16.0. The maximum absolute atomic E-state index is 12.9. The second kappa shape index (κ2) is 6.43. The molecule has 0 fully saturated rings. The van der Waals surface area contributed by atoms with Gasteiger partial charge in [-0.15, -0.1) is 0 Å². The van der Waals surface area contributed by atoms with E-state index in [4.69, 9.17) is 4.74 Å². The van der Waals surface area contributed by atoms with Crippen LogP contribution in [0.2, 0.25) is 0 Å². The van der Waals surface area contributed by atoms with Crippen LogP contribution in [0.1, 0.15) is 37.7 Å². The minimum Gasteiger partial charge on any atom is -0.493 e. The van der Waals surface area contributed by atoms with Crippen LogP contribution in [0.25, 0.3) is 0 Å². The lowest BCUT2D eigenvalue weighted by Gasteiger charge is -2.32. The van der Waals surface area contributed by atoms with Crippen LogP contribution in [-0.2, 0) is 11.2 Å². The Morgan fingerprint density at radius 1 is 1.16 bits per heavy atom. The molecule has 3 aliphatic rings. The minimum absolute atomic E-state index is 0.0514. The summed E-state index contributed by atoms with van der Waals surface area (Å²) in [6.07, 6.45) is 8.27. The SMILES string of the molecule is C=C1C2=C(CCCC2)C(C(=O)Nc2ccc3c(c2)OCCC3)=CN1C. The zero-order valence-corrected chi connectivity index (χ0v) is 14.7. The number of ether oxygens (including phenoxy) is 1. The number of rotatable bonds is 2. The lowest BCUT2D eigenvalue weighted by Crippen LogP contribution is -2.26. The Bertz CT molecular complexity index is 804. The zero-order valence-electron chi connectivity index (χ0n) is 14.7. The van der Waals surface area contributed by atoms with Crippen molar-refractivity contribution in [2.24, 2.45) is 0 Å². The minimum atomic E-state index is -0.0514. The first-order valence-corrected chi connectivity index (χ1v) is 9.07. The summed E-state index contributed by atoms with van der Waals surface area (Å²) in [5, 5.41) is 3.05. The third kappa shape index (κ3) is 2.97. The molecule has 0 aromatic heterocycles. The Hall–Kier alpha value is -2.49. The molecule has 1 aromatic rings. The van der Waals surface area contributed by atoms with Crippen LogP contribution in [0.15, 0.2) is 53.4 Å². The standard InChI is InChI=1S/C21H24N2O2/c1-14-17-7-3-4-8-18(17)19(13-23(14)2)21(24)22-16-10-9-15-6-5-11-25-20(15)12-16/h9-10,12-13H,1,3-8,11H2,2H3,(H,22,24). The molecule has 4 rings (SSSR count). The molecule has 0 radical (unpaired) electrons. The number of carbonyl (C=O) groups excluding carboxylic acids is 1. The summed E-state index contributed by atoms with van der Waals surface area (Å²) >= 11 is 0. The molecule has 1 aromatic carbocycles. The third-order valence-electron chi connectivity index (χ3n) is 5.31. The van der Waals surface area contributed by atoms with Gasteiger partial charge < -0.3 is 15.0 Å². The van der Waals surface area contributed by atoms with Crippen LogP contribution in [0, 0.1) is 0 Å². The molecular weight excluding hydrogens is 312 g/mol. The molecule has 1 aliphatic carbocycles. The van der Waals surface area contributed by atoms with E-state index in [9.17, 15) is 4.79 Å². The summed E-state index contributed by atoms with van der Waals surface area (Å²) in [4.78, 5) is 14.9. The van der Waals surface area contributed by atoms with Gasteiger partial charge in [0.1, 0.15) is 5.75 Å². The Labute approximate surface area is 148 Å². The number of nitrogens with zero attached hydrogens (tertiary/aromatic N) is 1. The summed E-state index contributed by atoms with van der Waals surface area (Å²) in [6, 6.07) is 5.96. The Kier molecular flexibility index (Phi) is 4.12. The molecule has 2 heterocycles. The number of fused-ring (bicyclic) bond motifs is 1. The van der Waals surface area contributed by atoms with Crippen molar-refractivity contribution in [1.82, 2.24) is 4.90 Å². The monoisotopic (exact) mass is 336 g/mol. The Morgan fingerprint density at radius 3 is 2.80 bits per heavy atom. The van der Waals surface area contributed by atoms with E-state index in [1.807, 2.05) is 30.3 Å². The molecule has 1 N–H and O–H groups in total. The summed E-state index contributed by atoms with van der Waals surface area (Å²) in [5.74, 6) is 0.842. The van der Waals surface area contributed by atoms with Gasteiger partial charge in [0, 0.05) is 30.7 Å². The number of carbonyl (C=O) groups is 1. The number of allylic oxidation sites excluding steroid dienone is 1. The summed E-state index contributed by atoms with van der Waals surface area (Å²) in [6.45, 7) is 4.93. The third-order valence-corrected chi connectivity index (χ3v) is 5.31. The van der Waals surface area contributed by atoms with E-state index in [1.165, 1.54) is 23.1 Å². The van der Waals surface area contributed by atoms with Crippen molar-refractivity contribution < 1.29 is 9.53 Å². The Balaban J connectivity index is 1.59. The topological polar surface area (TPSA) is 41.6 Å². The van der Waals surface area contributed by atoms with E-state index < -0.39 is 0 Å². The number of likely N-dealkylation sites (N-methyl/N-ethyl adjacent to an activating group) is 1. The van der Waals surface area contributed by atoms with Crippen LogP contribution >= 0.6 is 0 Å². The molecule has 0 saturated heterocycles. The number of anilines is 1. The number of benzene rings is 1. The summed E-state index contributed by atoms with van der Waals surface area (Å²) < 4.78 is 5.71. The maximum atomic E-state index is 12.9. The van der Waals surface area contributed by atoms with E-state index in [2.05, 4.69) is 18.0 Å². The fourth-order valence-electron chi connectivity index (χ4n) is 3.90. The molecule has 2 aliphatic heterocycles. The number of nitrogens with one attached hydrogen (secondary N) is 1. The van der Waals surface area contributed by atoms with Crippen molar-refractivity contribution in [3.63, 3.8) is 0 Å². The highest BCUT2D eigenvalue weighted by Crippen LogP contribution is 2.38. The molecule has 4 nitrogen and oxygen atoms in total. The van der Waals surface area contributed by atoms with Gasteiger partial charge in [0.15, 0.2) is 0 Å². The summed E-state index contributed by atoms with van der Waals surface area (Å²) in [7, 11) is 1.96. The molecule has 25 heavy (non-hydrogen) atoms. The van der Waals surface area contributed by atoms with Gasteiger partial charge in [-0.2, -0.15) is 0 Å². The molecule has 1 amide bonds. The van der Waals surface area contributed by atoms with E-state index in [0.717, 1.165) is 61.4 Å². The molecule has 0 spiro atoms. The van der Waals surface area contributed by atoms with Gasteiger partial charge in [0.05, 0.1) is 12.2 Å². The van der Waals surface area contributed by atoms with Crippen molar-refractivity contribution in [3.8, 4) is 5.75 Å². The molecule has 130 valence electrons. The van der Waals surface area contributed by atoms with E-state index >= 15 is 0 Å². The van der Waals surface area contributed by atoms with E-state index in [1.54, 1.807) is 0 Å². The molecule has 4 heteroatoms. The van der Waals surface area contributed by atoms with Gasteiger partial charge in [-0.05, 0) is 61.3 Å². The number of hydrogen-bond acceptors (Lipinski definition) is 3. The van der Waals surface area contributed by atoms with Gasteiger partial charge in [-0.3, -0.25) is 4.79 Å². The highest BCUT2D eigenvalue weighted by molar-refractivity contribution is 6.07. The first-order chi connectivity index (χ1) is 12.1. The summed E-state index contributed by atoms with van der Waals surface area (Å²) in [5.41, 5.74) is 6.21. The van der Waals surface area contributed by atoms with Gasteiger partial charge >= 0.3 is 0 Å². The van der Waals surface area contributed by atoms with Crippen molar-refractivity contribution in [3.05, 3.63) is 59.0 Å². The second-order valence-electron chi connectivity index (χ2n) is 6.99. The van der Waals surface area contributed by atoms with Crippen molar-refractivity contribution >= 4 is 11.6 Å². The second-order valence-corrected chi connectivity index (χ2v) is 6.99. The average Bonchev–Trinajstić information content (AvgIpc) is 2.64. The van der Waals surface area contributed by atoms with Gasteiger partial charge in [0.2, 0.25) is 0 Å². The van der Waals surface area contributed by atoms with Crippen LogP contribution in [0.5, 0.6) is 5.75 Å². The maximum Gasteiger partial charge on any atom is 0.257 e. The molecule has 0 unspecified atom stereocenters. The largest absolute Gasteiger partial charge is 0.493 e. The first-order valence-electron chi connectivity index (χ1n) is 9.07. The predicted molar refractivity (Wildman–Crippen MR) is 99.4 cm³/mol. The van der Waals surface area contributed by atoms with Crippen LogP contribution in [0.4, 0.5) is 5.69 Å². The van der Waals surface area contributed by atoms with E-state index in [-0.39, 0.29) is 5.91 Å². The fourth-order valence-corrected chi connectivity index (χ4v) is 3.90. The highest BCUT2D eigenvalue weighted by atomic mass is 16.5. The fraction of sp³-hybridized carbons (Fsp3) is 0.381. The zero-order chi connectivity index (χ0) is 17.4. The molecular formula is C21H24N2O2. The molecule has 0 bridgehead atoms. The highest BCUT2D eigenvalue weighted by Gasteiger charge is 2.28. The quantitative estimate of drug-likeness (QED) is 0.881. The predicted octanol–water partition coefficient (Wildman–Crippen LogP) is 4.16. The smallest absolute Gasteiger partial charge is 0.257 e. The van der Waals surface area contributed by atoms with Crippen LogP contribution < -0.4 is 10.1 Å². The lowest BCUT2D eigenvalue weighted by atomic mass is 9.83. The van der Waals surface area contributed by atoms with Crippen LogP contribution in [0.3, 0.4) is 0 Å². The van der Waals surface area contributed by atoms with Crippen molar-refractivity contribution in [2.75, 3.05) is 19.0 Å². The average molecular weight is 336 g/mol. The van der Waals surface area contributed by atoms with Crippen molar-refractivity contribution in [2.45, 2.75) is 38.5 Å². The van der Waals surface area contributed by atoms with E-state index in [0.29, 0.717) is 0 Å². The van der Waals surface area contributed by atoms with Gasteiger partial charge in [0.25, 0.3) is 5.91 Å². The lowest BCUT2D eigenvalue weighted by molar-refractivity contribution is -0.112. The van der Waals surface area contributed by atoms with Crippen LogP contribution in [-0.4, -0.2) is 24.5 Å². The van der Waals surface area contributed by atoms with Gasteiger partial charge in [-0.25, -0.2) is 0 Å². The van der Waals surface area contributed by atoms with Crippen molar-refractivity contribution in [1.29, 1.82) is 0 Å². The molecule has 0 atom stereocenters. The number of aryl methyl sites for hydroxylation is 1.